The van der Waals surface area contributed by atoms with Crippen LogP contribution in [0, 0.1) is 0 Å². The van der Waals surface area contributed by atoms with Crippen LogP contribution in [0.2, 0.25) is 0 Å². The van der Waals surface area contributed by atoms with Crippen LogP contribution >= 0.6 is 0 Å². The Bertz CT molecular complexity index is 255. The van der Waals surface area contributed by atoms with Crippen molar-refractivity contribution in [1.29, 1.82) is 0 Å². The zero-order valence-electron chi connectivity index (χ0n) is 9.01. The normalized spacial score (nSPS) is 28.1. The van der Waals surface area contributed by atoms with Crippen LogP contribution in [0.5, 0.6) is 0 Å². The summed E-state index contributed by atoms with van der Waals surface area (Å²) in [6, 6.07) is 0. The summed E-state index contributed by atoms with van der Waals surface area (Å²) in [6.45, 7) is 2.69. The van der Waals surface area contributed by atoms with Gasteiger partial charge in [-0.15, -0.1) is 0 Å². The van der Waals surface area contributed by atoms with E-state index in [2.05, 4.69) is 0 Å². The minimum Gasteiger partial charge on any atom is -0.423 e. The van der Waals surface area contributed by atoms with Crippen molar-refractivity contribution in [3.63, 3.8) is 0 Å². The van der Waals surface area contributed by atoms with E-state index >= 15 is 0 Å². The third-order valence-electron chi connectivity index (χ3n) is 2.21. The Morgan fingerprint density at radius 1 is 1.19 bits per heavy atom. The average Bonchev–Trinajstić information content (AvgIpc) is 3.09. The molecule has 2 rings (SSSR count). The van der Waals surface area contributed by atoms with Gasteiger partial charge in [0.25, 0.3) is 0 Å². The van der Waals surface area contributed by atoms with Gasteiger partial charge < -0.3 is 18.9 Å². The number of epoxide rings is 2. The molecule has 0 bridgehead atoms. The van der Waals surface area contributed by atoms with Gasteiger partial charge >= 0.3 is 11.9 Å². The molecule has 6 nitrogen and oxygen atoms in total. The van der Waals surface area contributed by atoms with Gasteiger partial charge in [0.1, 0.15) is 0 Å². The highest BCUT2D eigenvalue weighted by Gasteiger charge is 2.38. The fourth-order valence-electron chi connectivity index (χ4n) is 1.16. The van der Waals surface area contributed by atoms with Crippen LogP contribution in [-0.4, -0.2) is 43.7 Å². The number of ether oxygens (including phenoxy) is 4. The van der Waals surface area contributed by atoms with E-state index in [1.54, 1.807) is 0 Å². The first-order chi connectivity index (χ1) is 7.70. The summed E-state index contributed by atoms with van der Waals surface area (Å²) < 4.78 is 19.6. The largest absolute Gasteiger partial charge is 0.423 e. The number of esters is 2. The fourth-order valence-corrected chi connectivity index (χ4v) is 1.16. The Kier molecular flexibility index (Phi) is 3.40. The first-order valence-corrected chi connectivity index (χ1v) is 5.35. The molecule has 0 aliphatic carbocycles. The summed E-state index contributed by atoms with van der Waals surface area (Å²) in [7, 11) is 0. The van der Waals surface area contributed by atoms with Crippen molar-refractivity contribution >= 4 is 11.9 Å². The molecule has 0 amide bonds. The minimum absolute atomic E-state index is 0.386. The second-order valence-electron chi connectivity index (χ2n) is 3.74. The molecule has 0 aromatic rings. The zero-order chi connectivity index (χ0) is 11.5. The van der Waals surface area contributed by atoms with E-state index in [9.17, 15) is 9.59 Å². The molecule has 0 spiro atoms. The van der Waals surface area contributed by atoms with Gasteiger partial charge in [-0.25, -0.2) is 9.59 Å². The van der Waals surface area contributed by atoms with Crippen molar-refractivity contribution in [3.8, 4) is 0 Å². The summed E-state index contributed by atoms with van der Waals surface area (Å²) >= 11 is 0. The number of carbonyl (C=O) groups is 2. The molecule has 6 heteroatoms. The smallest absolute Gasteiger partial charge is 0.340 e. The molecule has 2 heterocycles. The van der Waals surface area contributed by atoms with Gasteiger partial charge in [0.2, 0.25) is 6.29 Å². The van der Waals surface area contributed by atoms with E-state index in [-0.39, 0.29) is 0 Å². The number of hydrogen-bond acceptors (Lipinski definition) is 6. The lowest BCUT2D eigenvalue weighted by Crippen LogP contribution is -2.28. The van der Waals surface area contributed by atoms with Crippen LogP contribution in [0.4, 0.5) is 0 Å². The quantitative estimate of drug-likeness (QED) is 0.363. The lowest BCUT2D eigenvalue weighted by Gasteiger charge is -2.16. The molecule has 0 aromatic heterocycles. The standard InChI is InChI=1S/C10H14O6/c1-2-3-8(15-9(11)6-4-13-6)16-10(12)7-5-14-7/h6-8H,2-5H2,1H3. The van der Waals surface area contributed by atoms with E-state index in [0.29, 0.717) is 19.6 Å². The lowest BCUT2D eigenvalue weighted by molar-refractivity contribution is -0.190. The number of hydrogen-bond donors (Lipinski definition) is 0. The lowest BCUT2D eigenvalue weighted by atomic mass is 10.3. The van der Waals surface area contributed by atoms with Gasteiger partial charge in [0, 0.05) is 6.42 Å². The van der Waals surface area contributed by atoms with Crippen molar-refractivity contribution in [2.45, 2.75) is 38.3 Å². The van der Waals surface area contributed by atoms with Crippen molar-refractivity contribution in [2.75, 3.05) is 13.2 Å². The summed E-state index contributed by atoms with van der Waals surface area (Å²) in [5.74, 6) is -0.939. The van der Waals surface area contributed by atoms with E-state index in [0.717, 1.165) is 6.42 Å². The summed E-state index contributed by atoms with van der Waals surface area (Å²) in [5.41, 5.74) is 0. The molecule has 2 atom stereocenters. The van der Waals surface area contributed by atoms with Crippen LogP contribution in [0.3, 0.4) is 0 Å². The second-order valence-corrected chi connectivity index (χ2v) is 3.74. The minimum atomic E-state index is -0.821. The van der Waals surface area contributed by atoms with Gasteiger partial charge in [-0.2, -0.15) is 0 Å². The van der Waals surface area contributed by atoms with E-state index in [1.807, 2.05) is 6.92 Å². The fraction of sp³-hybridized carbons (Fsp3) is 0.800. The van der Waals surface area contributed by atoms with Gasteiger partial charge in [0.05, 0.1) is 13.2 Å². The Morgan fingerprint density at radius 2 is 1.62 bits per heavy atom. The molecule has 2 aliphatic rings. The van der Waals surface area contributed by atoms with E-state index < -0.39 is 30.4 Å². The van der Waals surface area contributed by atoms with Crippen molar-refractivity contribution in [1.82, 2.24) is 0 Å². The molecule has 90 valence electrons. The molecule has 0 N–H and O–H groups in total. The van der Waals surface area contributed by atoms with Crippen LogP contribution in [0.15, 0.2) is 0 Å². The van der Waals surface area contributed by atoms with Gasteiger partial charge in [-0.3, -0.25) is 0 Å². The predicted octanol–water partition coefficient (Wildman–Crippen LogP) is -0.00340. The van der Waals surface area contributed by atoms with Gasteiger partial charge in [-0.05, 0) is 6.42 Å². The van der Waals surface area contributed by atoms with Crippen LogP contribution in [-0.2, 0) is 28.5 Å². The van der Waals surface area contributed by atoms with Crippen LogP contribution in [0.1, 0.15) is 19.8 Å². The summed E-state index contributed by atoms with van der Waals surface area (Å²) in [4.78, 5) is 22.6. The van der Waals surface area contributed by atoms with Crippen molar-refractivity contribution in [3.05, 3.63) is 0 Å². The number of rotatable bonds is 6. The molecule has 2 fully saturated rings. The maximum absolute atomic E-state index is 11.3. The Hall–Kier alpha value is -1.14. The zero-order valence-corrected chi connectivity index (χ0v) is 9.01. The third-order valence-corrected chi connectivity index (χ3v) is 2.21. The third kappa shape index (κ3) is 3.18. The first kappa shape index (κ1) is 11.3. The molecular formula is C10H14O6. The maximum atomic E-state index is 11.3. The Morgan fingerprint density at radius 3 is 1.94 bits per heavy atom. The van der Waals surface area contributed by atoms with Crippen molar-refractivity contribution in [2.24, 2.45) is 0 Å². The highest BCUT2D eigenvalue weighted by Crippen LogP contribution is 2.17. The molecule has 2 saturated heterocycles. The molecule has 0 saturated carbocycles. The van der Waals surface area contributed by atoms with E-state index in [1.165, 1.54) is 0 Å². The molecular weight excluding hydrogens is 216 g/mol. The van der Waals surface area contributed by atoms with Crippen molar-refractivity contribution < 1.29 is 28.5 Å². The van der Waals surface area contributed by atoms with E-state index in [4.69, 9.17) is 18.9 Å². The first-order valence-electron chi connectivity index (χ1n) is 5.35. The summed E-state index contributed by atoms with van der Waals surface area (Å²) in [6.07, 6.45) is -0.539. The molecule has 2 unspecified atom stereocenters. The predicted molar refractivity (Wildman–Crippen MR) is 50.4 cm³/mol. The Labute approximate surface area is 92.8 Å². The Balaban J connectivity index is 1.77. The summed E-state index contributed by atoms with van der Waals surface area (Å²) in [5, 5.41) is 0. The molecule has 0 radical (unpaired) electrons. The second kappa shape index (κ2) is 4.80. The molecule has 16 heavy (non-hydrogen) atoms. The van der Waals surface area contributed by atoms with Gasteiger partial charge in [0.15, 0.2) is 12.2 Å². The highest BCUT2D eigenvalue weighted by atomic mass is 16.7. The van der Waals surface area contributed by atoms with Gasteiger partial charge in [-0.1, -0.05) is 6.92 Å². The average molecular weight is 230 g/mol. The highest BCUT2D eigenvalue weighted by molar-refractivity contribution is 5.78. The molecule has 0 aromatic carbocycles. The topological polar surface area (TPSA) is 77.7 Å². The molecule has 2 aliphatic heterocycles. The van der Waals surface area contributed by atoms with Crippen LogP contribution < -0.4 is 0 Å². The monoisotopic (exact) mass is 230 g/mol. The maximum Gasteiger partial charge on any atom is 0.340 e. The number of carbonyl (C=O) groups excluding carboxylic acids is 2. The van der Waals surface area contributed by atoms with Crippen LogP contribution in [0.25, 0.3) is 0 Å². The SMILES string of the molecule is CCCC(OC(=O)C1CO1)OC(=O)C1CO1.